The fourth-order valence-corrected chi connectivity index (χ4v) is 5.06. The Labute approximate surface area is 139 Å². The van der Waals surface area contributed by atoms with Crippen molar-refractivity contribution in [2.75, 3.05) is 32.7 Å². The summed E-state index contributed by atoms with van der Waals surface area (Å²) in [4.78, 5) is 2.70. The van der Waals surface area contributed by atoms with Gasteiger partial charge in [-0.05, 0) is 47.3 Å². The topological polar surface area (TPSA) is 15.3 Å². The van der Waals surface area contributed by atoms with E-state index in [9.17, 15) is 0 Å². The maximum absolute atomic E-state index is 3.48. The summed E-state index contributed by atoms with van der Waals surface area (Å²) >= 11 is 0. The van der Waals surface area contributed by atoms with E-state index in [1.165, 1.54) is 52.0 Å². The molecule has 2 heteroatoms. The molecule has 22 heavy (non-hydrogen) atoms. The number of hydrogen-bond donors (Lipinski definition) is 1. The van der Waals surface area contributed by atoms with E-state index in [2.05, 4.69) is 58.7 Å². The molecule has 0 radical (unpaired) electrons. The quantitative estimate of drug-likeness (QED) is 0.813. The van der Waals surface area contributed by atoms with Gasteiger partial charge in [0.15, 0.2) is 0 Å². The summed E-state index contributed by atoms with van der Waals surface area (Å²) in [5.74, 6) is 1.63. The summed E-state index contributed by atoms with van der Waals surface area (Å²) in [5.41, 5.74) is 1.31. The third-order valence-corrected chi connectivity index (χ3v) is 7.20. The largest absolute Gasteiger partial charge is 0.314 e. The highest BCUT2D eigenvalue weighted by atomic mass is 15.2. The Morgan fingerprint density at radius 3 is 2.09 bits per heavy atom. The second kappa shape index (κ2) is 6.43. The van der Waals surface area contributed by atoms with E-state index in [4.69, 9.17) is 0 Å². The normalized spacial score (nSPS) is 35.6. The van der Waals surface area contributed by atoms with Gasteiger partial charge in [0, 0.05) is 32.7 Å². The zero-order valence-corrected chi connectivity index (χ0v) is 16.3. The highest BCUT2D eigenvalue weighted by Crippen LogP contribution is 2.54. The number of piperazine rings is 1. The zero-order valence-electron chi connectivity index (χ0n) is 16.3. The van der Waals surface area contributed by atoms with Crippen LogP contribution < -0.4 is 5.32 Å². The average Bonchev–Trinajstić information content (AvgIpc) is 2.36. The molecule has 1 saturated heterocycles. The van der Waals surface area contributed by atoms with Gasteiger partial charge in [-0.25, -0.2) is 0 Å². The molecule has 1 heterocycles. The van der Waals surface area contributed by atoms with Crippen LogP contribution >= 0.6 is 0 Å². The molecular formula is C20H40N2. The third kappa shape index (κ3) is 4.06. The van der Waals surface area contributed by atoms with E-state index in [1.807, 2.05) is 0 Å². The van der Waals surface area contributed by atoms with Crippen molar-refractivity contribution in [3.05, 3.63) is 0 Å². The molecule has 1 aliphatic heterocycles. The van der Waals surface area contributed by atoms with Crippen LogP contribution in [0.15, 0.2) is 0 Å². The van der Waals surface area contributed by atoms with E-state index in [-0.39, 0.29) is 0 Å². The van der Waals surface area contributed by atoms with Crippen LogP contribution in [0.4, 0.5) is 0 Å². The maximum atomic E-state index is 3.48. The van der Waals surface area contributed by atoms with Crippen molar-refractivity contribution in [3.8, 4) is 0 Å². The molecule has 2 unspecified atom stereocenters. The molecule has 2 aliphatic rings. The van der Waals surface area contributed by atoms with Crippen LogP contribution in [0.2, 0.25) is 0 Å². The summed E-state index contributed by atoms with van der Waals surface area (Å²) in [7, 11) is 0. The van der Waals surface area contributed by atoms with Crippen LogP contribution in [0.5, 0.6) is 0 Å². The van der Waals surface area contributed by atoms with Crippen LogP contribution in [-0.2, 0) is 0 Å². The van der Waals surface area contributed by atoms with Gasteiger partial charge in [0.2, 0.25) is 0 Å². The van der Waals surface area contributed by atoms with Crippen LogP contribution in [0.3, 0.4) is 0 Å². The molecule has 130 valence electrons. The smallest absolute Gasteiger partial charge is 0.0107 e. The average molecular weight is 309 g/mol. The number of nitrogens with zero attached hydrogens (tertiary/aromatic N) is 1. The molecule has 0 aromatic carbocycles. The molecule has 1 N–H and O–H groups in total. The van der Waals surface area contributed by atoms with E-state index in [0.29, 0.717) is 16.2 Å². The summed E-state index contributed by atoms with van der Waals surface area (Å²) in [5, 5.41) is 3.48. The Morgan fingerprint density at radius 1 is 0.909 bits per heavy atom. The van der Waals surface area contributed by atoms with Crippen LogP contribution in [0, 0.1) is 28.1 Å². The van der Waals surface area contributed by atoms with E-state index in [1.54, 1.807) is 0 Å². The summed E-state index contributed by atoms with van der Waals surface area (Å²) < 4.78 is 0. The minimum atomic E-state index is 0.409. The molecule has 1 saturated carbocycles. The molecule has 0 spiro atoms. The summed E-state index contributed by atoms with van der Waals surface area (Å²) in [6, 6.07) is 0. The summed E-state index contributed by atoms with van der Waals surface area (Å²) in [6.45, 7) is 23.7. The second-order valence-corrected chi connectivity index (χ2v) is 10.2. The van der Waals surface area contributed by atoms with Crippen molar-refractivity contribution in [2.24, 2.45) is 28.1 Å². The molecule has 0 aromatic rings. The predicted octanol–water partition coefficient (Wildman–Crippen LogP) is 4.41. The van der Waals surface area contributed by atoms with Gasteiger partial charge in [-0.3, -0.25) is 0 Å². The van der Waals surface area contributed by atoms with Crippen molar-refractivity contribution in [1.29, 1.82) is 0 Å². The number of hydrogen-bond acceptors (Lipinski definition) is 2. The Kier molecular flexibility index (Phi) is 5.34. The Morgan fingerprint density at radius 2 is 1.50 bits per heavy atom. The van der Waals surface area contributed by atoms with E-state index < -0.39 is 0 Å². The lowest BCUT2D eigenvalue weighted by atomic mass is 9.53. The first kappa shape index (κ1) is 18.3. The molecule has 1 aliphatic carbocycles. The first-order chi connectivity index (χ1) is 10.0. The van der Waals surface area contributed by atoms with Crippen LogP contribution in [0.25, 0.3) is 0 Å². The first-order valence-electron chi connectivity index (χ1n) is 9.47. The summed E-state index contributed by atoms with van der Waals surface area (Å²) in [6.07, 6.45) is 4.12. The molecule has 0 bridgehead atoms. The lowest BCUT2D eigenvalue weighted by molar-refractivity contribution is -0.0300. The lowest BCUT2D eigenvalue weighted by Crippen LogP contribution is -2.48. The fourth-order valence-electron chi connectivity index (χ4n) is 5.06. The van der Waals surface area contributed by atoms with Gasteiger partial charge in [-0.15, -0.1) is 0 Å². The van der Waals surface area contributed by atoms with Crippen molar-refractivity contribution in [1.82, 2.24) is 10.2 Å². The maximum Gasteiger partial charge on any atom is 0.0107 e. The minimum absolute atomic E-state index is 0.409. The molecule has 2 nitrogen and oxygen atoms in total. The standard InChI is InChI=1S/C20H40N2/c1-16-12-18(2,3)13-17(14-19(4,5)20(16,6)7)15-22-10-8-21-9-11-22/h16-17,21H,8-15H2,1-7H3. The van der Waals surface area contributed by atoms with Gasteiger partial charge in [-0.2, -0.15) is 0 Å². The highest BCUT2D eigenvalue weighted by Gasteiger charge is 2.46. The highest BCUT2D eigenvalue weighted by molar-refractivity contribution is 4.96. The van der Waals surface area contributed by atoms with Crippen molar-refractivity contribution < 1.29 is 0 Å². The van der Waals surface area contributed by atoms with E-state index in [0.717, 1.165) is 11.8 Å². The van der Waals surface area contributed by atoms with Gasteiger partial charge in [-0.1, -0.05) is 48.5 Å². The van der Waals surface area contributed by atoms with Gasteiger partial charge in [0.1, 0.15) is 0 Å². The van der Waals surface area contributed by atoms with Crippen LogP contribution in [-0.4, -0.2) is 37.6 Å². The Hall–Kier alpha value is -0.0800. The Bertz CT molecular complexity index is 364. The second-order valence-electron chi connectivity index (χ2n) is 10.2. The van der Waals surface area contributed by atoms with Gasteiger partial charge in [0.05, 0.1) is 0 Å². The van der Waals surface area contributed by atoms with Crippen LogP contribution in [0.1, 0.15) is 67.7 Å². The fraction of sp³-hybridized carbons (Fsp3) is 1.00. The molecule has 2 fully saturated rings. The molecule has 2 rings (SSSR count). The molecular weight excluding hydrogens is 268 g/mol. The zero-order chi connectivity index (χ0) is 16.6. The first-order valence-corrected chi connectivity index (χ1v) is 9.47. The molecule has 2 atom stereocenters. The molecule has 0 amide bonds. The minimum Gasteiger partial charge on any atom is -0.314 e. The van der Waals surface area contributed by atoms with Gasteiger partial charge in [0.25, 0.3) is 0 Å². The Balaban J connectivity index is 2.14. The van der Waals surface area contributed by atoms with Crippen molar-refractivity contribution in [3.63, 3.8) is 0 Å². The monoisotopic (exact) mass is 308 g/mol. The lowest BCUT2D eigenvalue weighted by Gasteiger charge is -2.53. The van der Waals surface area contributed by atoms with Gasteiger partial charge < -0.3 is 10.2 Å². The SMILES string of the molecule is CC1CC(C)(C)CC(CN2CCNCC2)CC(C)(C)C1(C)C. The van der Waals surface area contributed by atoms with E-state index >= 15 is 0 Å². The predicted molar refractivity (Wildman–Crippen MR) is 97.2 cm³/mol. The van der Waals surface area contributed by atoms with Crippen molar-refractivity contribution >= 4 is 0 Å². The van der Waals surface area contributed by atoms with Crippen molar-refractivity contribution in [2.45, 2.75) is 67.7 Å². The number of rotatable bonds is 2. The van der Waals surface area contributed by atoms with Gasteiger partial charge >= 0.3 is 0 Å². The third-order valence-electron chi connectivity index (χ3n) is 7.20. The number of nitrogens with one attached hydrogen (secondary N) is 1. The molecule has 0 aromatic heterocycles.